The van der Waals surface area contributed by atoms with Gasteiger partial charge in [0.1, 0.15) is 11.3 Å². The van der Waals surface area contributed by atoms with Crippen LogP contribution in [0.25, 0.3) is 21.9 Å². The van der Waals surface area contributed by atoms with Gasteiger partial charge in [-0.1, -0.05) is 25.1 Å². The number of hydrogen-bond acceptors (Lipinski definition) is 4. The number of fused-ring (bicyclic) bond motifs is 3. The van der Waals surface area contributed by atoms with Gasteiger partial charge >= 0.3 is 0 Å². The maximum atomic E-state index is 5.69. The molecule has 5 heteroatoms. The Morgan fingerprint density at radius 2 is 1.79 bits per heavy atom. The molecule has 0 radical (unpaired) electrons. The zero-order valence-electron chi connectivity index (χ0n) is 14.7. The molecule has 0 aliphatic heterocycles. The van der Waals surface area contributed by atoms with Crippen molar-refractivity contribution in [3.8, 4) is 0 Å². The number of rotatable bonds is 8. The second kappa shape index (κ2) is 7.73. The molecule has 0 bridgehead atoms. The maximum absolute atomic E-state index is 5.69. The molecule has 24 heavy (non-hydrogen) atoms. The van der Waals surface area contributed by atoms with Crippen molar-refractivity contribution in [3.05, 3.63) is 36.3 Å². The molecule has 2 aromatic heterocycles. The summed E-state index contributed by atoms with van der Waals surface area (Å²) in [5.41, 5.74) is 3.11. The normalized spacial score (nSPS) is 11.8. The van der Waals surface area contributed by atoms with Gasteiger partial charge in [-0.3, -0.25) is 4.98 Å². The monoisotopic (exact) mass is 327 g/mol. The largest absolute Gasteiger partial charge is 0.353 e. The van der Waals surface area contributed by atoms with Gasteiger partial charge in [-0.15, -0.1) is 0 Å². The Kier molecular flexibility index (Phi) is 5.43. The van der Waals surface area contributed by atoms with Crippen molar-refractivity contribution in [2.75, 3.05) is 13.2 Å². The molecular formula is C19H25N3O2. The summed E-state index contributed by atoms with van der Waals surface area (Å²) < 4.78 is 13.7. The summed E-state index contributed by atoms with van der Waals surface area (Å²) in [5.74, 6) is 1.08. The summed E-state index contributed by atoms with van der Waals surface area (Å²) in [4.78, 5) is 9.30. The third-order valence-electron chi connectivity index (χ3n) is 4.17. The van der Waals surface area contributed by atoms with E-state index >= 15 is 0 Å². The van der Waals surface area contributed by atoms with Crippen LogP contribution in [0.15, 0.2) is 30.5 Å². The summed E-state index contributed by atoms with van der Waals surface area (Å²) in [7, 11) is 0. The molecule has 2 heterocycles. The first-order valence-corrected chi connectivity index (χ1v) is 8.74. The Balaban J connectivity index is 2.00. The molecule has 128 valence electrons. The van der Waals surface area contributed by atoms with Crippen LogP contribution in [0.1, 0.15) is 33.0 Å². The lowest BCUT2D eigenvalue weighted by Crippen LogP contribution is -2.20. The van der Waals surface area contributed by atoms with Crippen molar-refractivity contribution in [3.63, 3.8) is 0 Å². The number of para-hydroxylation sites is 1. The molecule has 0 aliphatic carbocycles. The molecule has 0 amide bonds. The van der Waals surface area contributed by atoms with Crippen LogP contribution in [0.4, 0.5) is 0 Å². The van der Waals surface area contributed by atoms with E-state index in [0.717, 1.165) is 47.1 Å². The molecule has 3 aromatic rings. The molecule has 0 fully saturated rings. The topological polar surface area (TPSA) is 49.2 Å². The van der Waals surface area contributed by atoms with Gasteiger partial charge in [0, 0.05) is 38.0 Å². The first kappa shape index (κ1) is 16.9. The lowest BCUT2D eigenvalue weighted by atomic mass is 10.2. The Morgan fingerprint density at radius 1 is 1.04 bits per heavy atom. The van der Waals surface area contributed by atoms with Crippen molar-refractivity contribution in [1.82, 2.24) is 14.5 Å². The van der Waals surface area contributed by atoms with Crippen molar-refractivity contribution < 1.29 is 9.47 Å². The number of aromatic nitrogens is 3. The Bertz CT molecular complexity index is 807. The van der Waals surface area contributed by atoms with Crippen LogP contribution in [0.3, 0.4) is 0 Å². The minimum atomic E-state index is -0.171. The molecule has 0 atom stereocenters. The summed E-state index contributed by atoms with van der Waals surface area (Å²) in [6.45, 7) is 8.25. The fraction of sp³-hybridized carbons (Fsp3) is 0.474. The fourth-order valence-corrected chi connectivity index (χ4v) is 3.14. The van der Waals surface area contributed by atoms with E-state index in [1.165, 1.54) is 0 Å². The van der Waals surface area contributed by atoms with Gasteiger partial charge in [0.2, 0.25) is 0 Å². The van der Waals surface area contributed by atoms with Gasteiger partial charge in [-0.05, 0) is 19.9 Å². The molecule has 5 nitrogen and oxygen atoms in total. The average Bonchev–Trinajstić information content (AvgIpc) is 2.98. The van der Waals surface area contributed by atoms with Gasteiger partial charge in [-0.25, -0.2) is 4.98 Å². The Hall–Kier alpha value is -1.98. The third-order valence-corrected chi connectivity index (χ3v) is 4.17. The number of pyridine rings is 1. The maximum Gasteiger partial charge on any atom is 0.159 e. The fourth-order valence-electron chi connectivity index (χ4n) is 3.14. The van der Waals surface area contributed by atoms with E-state index in [4.69, 9.17) is 14.5 Å². The van der Waals surface area contributed by atoms with Gasteiger partial charge in [0.05, 0.1) is 17.2 Å². The minimum absolute atomic E-state index is 0.171. The number of imidazole rings is 1. The summed E-state index contributed by atoms with van der Waals surface area (Å²) in [5, 5.41) is 1.14. The second-order valence-corrected chi connectivity index (χ2v) is 5.67. The van der Waals surface area contributed by atoms with Crippen LogP contribution in [-0.4, -0.2) is 34.0 Å². The number of benzene rings is 1. The molecule has 0 aliphatic rings. The van der Waals surface area contributed by atoms with Crippen LogP contribution >= 0.6 is 0 Å². The summed E-state index contributed by atoms with van der Waals surface area (Å²) in [6, 6.07) is 8.23. The van der Waals surface area contributed by atoms with Gasteiger partial charge in [-0.2, -0.15) is 0 Å². The van der Waals surface area contributed by atoms with E-state index in [2.05, 4.69) is 28.6 Å². The standard InChI is InChI=1S/C19H25N3O2/c1-4-17-21-16-13-20-15-10-8-7-9-14(15)19(16)22(17)12-11-18(23-5-2)24-6-3/h7-10,13,18H,4-6,11-12H2,1-3H3. The Labute approximate surface area is 142 Å². The third kappa shape index (κ3) is 3.28. The van der Waals surface area contributed by atoms with Crippen LogP contribution in [0.5, 0.6) is 0 Å². The van der Waals surface area contributed by atoms with E-state index in [9.17, 15) is 0 Å². The molecular weight excluding hydrogens is 302 g/mol. The zero-order chi connectivity index (χ0) is 16.9. The van der Waals surface area contributed by atoms with E-state index in [1.54, 1.807) is 0 Å². The first-order valence-electron chi connectivity index (χ1n) is 8.74. The lowest BCUT2D eigenvalue weighted by molar-refractivity contribution is -0.140. The minimum Gasteiger partial charge on any atom is -0.353 e. The summed E-state index contributed by atoms with van der Waals surface area (Å²) in [6.07, 6.45) is 3.39. The summed E-state index contributed by atoms with van der Waals surface area (Å²) >= 11 is 0. The number of ether oxygens (including phenoxy) is 2. The highest BCUT2D eigenvalue weighted by molar-refractivity contribution is 6.02. The SMILES string of the molecule is CCOC(CCn1c(CC)nc2cnc3ccccc3c21)OCC. The quantitative estimate of drug-likeness (QED) is 0.588. The molecule has 0 saturated heterocycles. The molecule has 0 spiro atoms. The predicted molar refractivity (Wildman–Crippen MR) is 96.1 cm³/mol. The highest BCUT2D eigenvalue weighted by Gasteiger charge is 2.15. The smallest absolute Gasteiger partial charge is 0.159 e. The lowest BCUT2D eigenvalue weighted by Gasteiger charge is -2.18. The average molecular weight is 327 g/mol. The zero-order valence-corrected chi connectivity index (χ0v) is 14.7. The van der Waals surface area contributed by atoms with E-state index in [-0.39, 0.29) is 6.29 Å². The van der Waals surface area contributed by atoms with Gasteiger partial charge < -0.3 is 14.0 Å². The van der Waals surface area contributed by atoms with E-state index < -0.39 is 0 Å². The molecule has 0 N–H and O–H groups in total. The molecule has 3 rings (SSSR count). The number of aryl methyl sites for hydroxylation is 2. The first-order chi connectivity index (χ1) is 11.8. The van der Waals surface area contributed by atoms with Gasteiger partial charge in [0.15, 0.2) is 6.29 Å². The van der Waals surface area contributed by atoms with Crippen molar-refractivity contribution in [2.24, 2.45) is 0 Å². The number of hydrogen-bond donors (Lipinski definition) is 0. The second-order valence-electron chi connectivity index (χ2n) is 5.67. The van der Waals surface area contributed by atoms with Gasteiger partial charge in [0.25, 0.3) is 0 Å². The van der Waals surface area contributed by atoms with E-state index in [0.29, 0.717) is 13.2 Å². The highest BCUT2D eigenvalue weighted by Crippen LogP contribution is 2.25. The number of nitrogens with zero attached hydrogens (tertiary/aromatic N) is 3. The van der Waals surface area contributed by atoms with Crippen molar-refractivity contribution in [1.29, 1.82) is 0 Å². The highest BCUT2D eigenvalue weighted by atomic mass is 16.7. The van der Waals surface area contributed by atoms with Crippen LogP contribution in [-0.2, 0) is 22.4 Å². The van der Waals surface area contributed by atoms with E-state index in [1.807, 2.05) is 32.2 Å². The molecule has 0 unspecified atom stereocenters. The van der Waals surface area contributed by atoms with Crippen LogP contribution in [0.2, 0.25) is 0 Å². The Morgan fingerprint density at radius 3 is 2.50 bits per heavy atom. The predicted octanol–water partition coefficient (Wildman–Crippen LogP) is 3.94. The molecule has 0 saturated carbocycles. The van der Waals surface area contributed by atoms with Crippen LogP contribution < -0.4 is 0 Å². The molecule has 1 aromatic carbocycles. The van der Waals surface area contributed by atoms with Crippen LogP contribution in [0, 0.1) is 0 Å². The van der Waals surface area contributed by atoms with Crippen molar-refractivity contribution >= 4 is 21.9 Å². The van der Waals surface area contributed by atoms with Crippen molar-refractivity contribution in [2.45, 2.75) is 46.4 Å².